The number of nitrogens with zero attached hydrogens (tertiary/aromatic N) is 2. The third-order valence-corrected chi connectivity index (χ3v) is 5.08. The van der Waals surface area contributed by atoms with Gasteiger partial charge in [-0.2, -0.15) is 10.1 Å². The fourth-order valence-corrected chi connectivity index (χ4v) is 3.44. The highest BCUT2D eigenvalue weighted by atomic mass is 79.9. The molecule has 0 saturated carbocycles. The number of para-hydroxylation sites is 1. The van der Waals surface area contributed by atoms with Crippen LogP contribution in [0.15, 0.2) is 63.7 Å². The number of ether oxygens (including phenoxy) is 1. The van der Waals surface area contributed by atoms with Crippen LogP contribution in [0.2, 0.25) is 0 Å². The van der Waals surface area contributed by atoms with Crippen molar-refractivity contribution in [2.75, 3.05) is 11.6 Å². The summed E-state index contributed by atoms with van der Waals surface area (Å²) in [5.74, 6) is 0.656. The van der Waals surface area contributed by atoms with Gasteiger partial charge in [0.15, 0.2) is 0 Å². The number of anilines is 1. The van der Waals surface area contributed by atoms with Gasteiger partial charge in [0.05, 0.1) is 23.6 Å². The number of hydrogen-bond donors (Lipinski definition) is 0. The van der Waals surface area contributed by atoms with E-state index in [9.17, 15) is 4.79 Å². The molecular weight excluding hydrogens is 416 g/mol. The van der Waals surface area contributed by atoms with Crippen molar-refractivity contribution in [1.82, 2.24) is 0 Å². The highest BCUT2D eigenvalue weighted by Crippen LogP contribution is 2.29. The highest BCUT2D eigenvalue weighted by molar-refractivity contribution is 9.10. The van der Waals surface area contributed by atoms with Crippen molar-refractivity contribution in [1.29, 1.82) is 0 Å². The van der Waals surface area contributed by atoms with Crippen molar-refractivity contribution < 1.29 is 9.53 Å². The molecule has 0 aromatic heterocycles. The molecule has 1 amide bonds. The molecule has 0 unspecified atom stereocenters. The molecule has 5 heteroatoms. The van der Waals surface area contributed by atoms with Crippen LogP contribution in [0.3, 0.4) is 0 Å². The summed E-state index contributed by atoms with van der Waals surface area (Å²) in [5.41, 5.74) is 2.91. The van der Waals surface area contributed by atoms with E-state index in [1.54, 1.807) is 0 Å². The molecule has 1 aliphatic heterocycles. The van der Waals surface area contributed by atoms with Crippen molar-refractivity contribution in [2.45, 2.75) is 39.5 Å². The summed E-state index contributed by atoms with van der Waals surface area (Å²) in [4.78, 5) is 12.9. The van der Waals surface area contributed by atoms with Crippen LogP contribution in [-0.2, 0) is 4.79 Å². The van der Waals surface area contributed by atoms with E-state index >= 15 is 0 Å². The van der Waals surface area contributed by atoms with Crippen LogP contribution in [0.4, 0.5) is 5.69 Å². The average Bonchev–Trinajstić information content (AvgIpc) is 2.98. The summed E-state index contributed by atoms with van der Waals surface area (Å²) in [5, 5.41) is 5.89. The zero-order chi connectivity index (χ0) is 19.9. The van der Waals surface area contributed by atoms with E-state index in [0.29, 0.717) is 17.9 Å². The monoisotopic (exact) mass is 440 g/mol. The zero-order valence-corrected chi connectivity index (χ0v) is 17.9. The standard InChI is InChI=1S/C23H25BrN2O2/c1-3-4-5-9-14-28-22-13-12-19(24)15-18(22)16-21-17(2)25-26(23(21)27)20-10-7-6-8-11-20/h6-8,10-13,15-16H,3-5,9,14H2,1-2H3/b21-16-. The number of halogens is 1. The molecule has 4 nitrogen and oxygen atoms in total. The van der Waals surface area contributed by atoms with Crippen molar-refractivity contribution >= 4 is 39.3 Å². The number of hydrogen-bond acceptors (Lipinski definition) is 3. The number of benzene rings is 2. The number of unbranched alkanes of at least 4 members (excludes halogenated alkanes) is 3. The Kier molecular flexibility index (Phi) is 7.04. The maximum atomic E-state index is 12.9. The van der Waals surface area contributed by atoms with Gasteiger partial charge in [0, 0.05) is 10.0 Å². The lowest BCUT2D eigenvalue weighted by Crippen LogP contribution is -2.21. The van der Waals surface area contributed by atoms with Gasteiger partial charge in [-0.25, -0.2) is 0 Å². The summed E-state index contributed by atoms with van der Waals surface area (Å²) >= 11 is 3.52. The Morgan fingerprint density at radius 3 is 2.64 bits per heavy atom. The van der Waals surface area contributed by atoms with Gasteiger partial charge in [0.2, 0.25) is 0 Å². The minimum atomic E-state index is -0.127. The summed E-state index contributed by atoms with van der Waals surface area (Å²) in [7, 11) is 0. The van der Waals surface area contributed by atoms with E-state index in [-0.39, 0.29) is 5.91 Å². The molecule has 0 N–H and O–H groups in total. The normalized spacial score (nSPS) is 15.2. The molecule has 2 aromatic rings. The van der Waals surface area contributed by atoms with Gasteiger partial charge >= 0.3 is 0 Å². The Bertz CT molecular complexity index is 891. The van der Waals surface area contributed by atoms with Gasteiger partial charge in [-0.3, -0.25) is 4.79 Å². The maximum absolute atomic E-state index is 12.9. The first kappa shape index (κ1) is 20.3. The summed E-state index contributed by atoms with van der Waals surface area (Å²) in [6.45, 7) is 4.73. The van der Waals surface area contributed by atoms with Crippen LogP contribution in [0, 0.1) is 0 Å². The molecule has 0 atom stereocenters. The Hall–Kier alpha value is -2.40. The van der Waals surface area contributed by atoms with Gasteiger partial charge in [-0.1, -0.05) is 60.3 Å². The van der Waals surface area contributed by atoms with Crippen molar-refractivity contribution in [3.05, 3.63) is 64.1 Å². The lowest BCUT2D eigenvalue weighted by molar-refractivity contribution is -0.114. The molecule has 0 saturated heterocycles. The van der Waals surface area contributed by atoms with Crippen molar-refractivity contribution in [2.24, 2.45) is 5.10 Å². The maximum Gasteiger partial charge on any atom is 0.280 e. The van der Waals surface area contributed by atoms with Crippen LogP contribution in [0.25, 0.3) is 6.08 Å². The average molecular weight is 441 g/mol. The molecule has 0 aliphatic carbocycles. The largest absolute Gasteiger partial charge is 0.493 e. The third kappa shape index (κ3) is 4.90. The number of carbonyl (C=O) groups excluding carboxylic acids is 1. The second-order valence-electron chi connectivity index (χ2n) is 6.79. The lowest BCUT2D eigenvalue weighted by atomic mass is 10.1. The topological polar surface area (TPSA) is 41.9 Å². The minimum Gasteiger partial charge on any atom is -0.493 e. The quantitative estimate of drug-likeness (QED) is 0.361. The Morgan fingerprint density at radius 2 is 1.89 bits per heavy atom. The molecule has 2 aromatic carbocycles. The van der Waals surface area contributed by atoms with Crippen molar-refractivity contribution in [3.8, 4) is 5.75 Å². The molecule has 0 spiro atoms. The molecule has 0 fully saturated rings. The number of hydrazone groups is 1. The first-order valence-electron chi connectivity index (χ1n) is 9.69. The Labute approximate surface area is 175 Å². The number of carbonyl (C=O) groups is 1. The molecule has 0 bridgehead atoms. The molecular formula is C23H25BrN2O2. The first-order valence-corrected chi connectivity index (χ1v) is 10.5. The van der Waals surface area contributed by atoms with Gasteiger partial charge in [-0.05, 0) is 49.8 Å². The van der Waals surface area contributed by atoms with Crippen molar-refractivity contribution in [3.63, 3.8) is 0 Å². The van der Waals surface area contributed by atoms with E-state index in [4.69, 9.17) is 4.74 Å². The molecule has 28 heavy (non-hydrogen) atoms. The van der Waals surface area contributed by atoms with Crippen LogP contribution in [0.1, 0.15) is 45.1 Å². The minimum absolute atomic E-state index is 0.127. The second-order valence-corrected chi connectivity index (χ2v) is 7.70. The fraction of sp³-hybridized carbons (Fsp3) is 0.304. The molecule has 3 rings (SSSR count). The van der Waals surface area contributed by atoms with Gasteiger partial charge in [0.1, 0.15) is 5.75 Å². The molecule has 1 aliphatic rings. The van der Waals surface area contributed by atoms with E-state index < -0.39 is 0 Å². The van der Waals surface area contributed by atoms with Crippen LogP contribution in [-0.4, -0.2) is 18.2 Å². The number of amides is 1. The first-order chi connectivity index (χ1) is 13.6. The molecule has 146 valence electrons. The summed E-state index contributed by atoms with van der Waals surface area (Å²) in [6.07, 6.45) is 6.49. The SMILES string of the molecule is CCCCCCOc1ccc(Br)cc1/C=C1\C(=O)N(c2ccccc2)N=C1C. The number of rotatable bonds is 8. The van der Waals surface area contributed by atoms with Crippen LogP contribution >= 0.6 is 15.9 Å². The highest BCUT2D eigenvalue weighted by Gasteiger charge is 2.28. The zero-order valence-electron chi connectivity index (χ0n) is 16.3. The van der Waals surface area contributed by atoms with Gasteiger partial charge < -0.3 is 4.74 Å². The van der Waals surface area contributed by atoms with E-state index in [0.717, 1.165) is 27.9 Å². The summed E-state index contributed by atoms with van der Waals surface area (Å²) in [6, 6.07) is 15.3. The predicted octanol–water partition coefficient (Wildman–Crippen LogP) is 6.21. The predicted molar refractivity (Wildman–Crippen MR) is 119 cm³/mol. The lowest BCUT2D eigenvalue weighted by Gasteiger charge is -2.12. The molecule has 1 heterocycles. The van der Waals surface area contributed by atoms with Gasteiger partial charge in [0.25, 0.3) is 5.91 Å². The van der Waals surface area contributed by atoms with Gasteiger partial charge in [-0.15, -0.1) is 0 Å². The third-order valence-electron chi connectivity index (χ3n) is 4.59. The van der Waals surface area contributed by atoms with E-state index in [1.807, 2.05) is 61.5 Å². The van der Waals surface area contributed by atoms with Crippen LogP contribution in [0.5, 0.6) is 5.75 Å². The van der Waals surface area contributed by atoms with E-state index in [2.05, 4.69) is 28.0 Å². The Morgan fingerprint density at radius 1 is 1.11 bits per heavy atom. The van der Waals surface area contributed by atoms with E-state index in [1.165, 1.54) is 24.3 Å². The Balaban J connectivity index is 1.81. The van der Waals surface area contributed by atoms with Crippen LogP contribution < -0.4 is 9.75 Å². The fourth-order valence-electron chi connectivity index (χ4n) is 3.06. The second kappa shape index (κ2) is 9.69. The summed E-state index contributed by atoms with van der Waals surface area (Å²) < 4.78 is 6.94. The smallest absolute Gasteiger partial charge is 0.280 e. The molecule has 0 radical (unpaired) electrons.